The molecule has 0 aliphatic carbocycles. The lowest BCUT2D eigenvalue weighted by Gasteiger charge is -2.14. The Hall–Kier alpha value is -1.69. The lowest BCUT2D eigenvalue weighted by Crippen LogP contribution is -2.34. The highest BCUT2D eigenvalue weighted by Crippen LogP contribution is 2.19. The molecule has 0 saturated heterocycles. The number of hydrogen-bond donors (Lipinski definition) is 1. The summed E-state index contributed by atoms with van der Waals surface area (Å²) in [5, 5.41) is 22.0. The van der Waals surface area contributed by atoms with Crippen LogP contribution in [0, 0.1) is 25.0 Å². The Morgan fingerprint density at radius 2 is 2.32 bits per heavy atom. The van der Waals surface area contributed by atoms with Gasteiger partial charge in [0.05, 0.1) is 23.0 Å². The van der Waals surface area contributed by atoms with Crippen LogP contribution in [0.1, 0.15) is 30.1 Å². The molecule has 1 unspecified atom stereocenters. The van der Waals surface area contributed by atoms with Gasteiger partial charge in [-0.25, -0.2) is 0 Å². The zero-order chi connectivity index (χ0) is 14.4. The third-order valence-electron chi connectivity index (χ3n) is 2.57. The van der Waals surface area contributed by atoms with Crippen LogP contribution in [0.5, 0.6) is 0 Å². The van der Waals surface area contributed by atoms with Gasteiger partial charge in [0, 0.05) is 21.7 Å². The van der Waals surface area contributed by atoms with Crippen molar-refractivity contribution in [1.29, 1.82) is 5.26 Å². The van der Waals surface area contributed by atoms with Gasteiger partial charge in [0.1, 0.15) is 0 Å². The predicted molar refractivity (Wildman–Crippen MR) is 77.6 cm³/mol. The maximum atomic E-state index is 12.0. The lowest BCUT2D eigenvalue weighted by molar-refractivity contribution is -0.384. The average molecular weight is 373 g/mol. The summed E-state index contributed by atoms with van der Waals surface area (Å²) in [6, 6.07) is 5.88. The molecule has 19 heavy (non-hydrogen) atoms. The third-order valence-corrected chi connectivity index (χ3v) is 3.51. The lowest BCUT2D eigenvalue weighted by atomic mass is 10.1. The fourth-order valence-corrected chi connectivity index (χ4v) is 2.05. The number of nitriles is 1. The first-order valence-electron chi connectivity index (χ1n) is 5.61. The van der Waals surface area contributed by atoms with Crippen LogP contribution in [0.15, 0.2) is 18.2 Å². The van der Waals surface area contributed by atoms with Crippen molar-refractivity contribution in [2.24, 2.45) is 0 Å². The molecular weight excluding hydrogens is 361 g/mol. The number of halogens is 1. The molecule has 1 aromatic rings. The fraction of sp³-hybridized carbons (Fsp3) is 0.333. The topological polar surface area (TPSA) is 96.0 Å². The smallest absolute Gasteiger partial charge is 0.270 e. The van der Waals surface area contributed by atoms with Crippen molar-refractivity contribution in [3.05, 3.63) is 37.4 Å². The van der Waals surface area contributed by atoms with E-state index in [9.17, 15) is 14.9 Å². The Kier molecular flexibility index (Phi) is 5.69. The van der Waals surface area contributed by atoms with E-state index in [0.29, 0.717) is 9.99 Å². The van der Waals surface area contributed by atoms with E-state index in [-0.39, 0.29) is 23.7 Å². The van der Waals surface area contributed by atoms with E-state index in [1.807, 2.05) is 35.6 Å². The summed E-state index contributed by atoms with van der Waals surface area (Å²) < 4.78 is 0.632. The number of carbonyl (C=O) groups is 1. The molecule has 1 amide bonds. The van der Waals surface area contributed by atoms with Gasteiger partial charge in [0.15, 0.2) is 0 Å². The molecular formula is C12H12IN3O3. The summed E-state index contributed by atoms with van der Waals surface area (Å²) in [7, 11) is 0. The van der Waals surface area contributed by atoms with Crippen LogP contribution in [0.25, 0.3) is 0 Å². The van der Waals surface area contributed by atoms with Gasteiger partial charge in [-0.05, 0) is 35.1 Å². The largest absolute Gasteiger partial charge is 0.348 e. The first-order chi connectivity index (χ1) is 8.99. The van der Waals surface area contributed by atoms with Gasteiger partial charge in [-0.3, -0.25) is 14.9 Å². The van der Waals surface area contributed by atoms with Crippen molar-refractivity contribution in [2.45, 2.75) is 25.8 Å². The minimum absolute atomic E-state index is 0.126. The molecule has 0 bridgehead atoms. The summed E-state index contributed by atoms with van der Waals surface area (Å²) in [5.41, 5.74) is 0.130. The van der Waals surface area contributed by atoms with Crippen LogP contribution in [0.4, 0.5) is 5.69 Å². The Morgan fingerprint density at radius 1 is 1.63 bits per heavy atom. The van der Waals surface area contributed by atoms with E-state index < -0.39 is 10.8 Å². The summed E-state index contributed by atoms with van der Waals surface area (Å²) >= 11 is 1.95. The molecule has 0 saturated carbocycles. The highest BCUT2D eigenvalue weighted by molar-refractivity contribution is 14.1. The van der Waals surface area contributed by atoms with Gasteiger partial charge in [0.25, 0.3) is 11.6 Å². The number of hydrogen-bond acceptors (Lipinski definition) is 4. The number of non-ortho nitro benzene ring substituents is 1. The maximum absolute atomic E-state index is 12.0. The predicted octanol–water partition coefficient (Wildman–Crippen LogP) is 2.62. The van der Waals surface area contributed by atoms with Gasteiger partial charge in [0.2, 0.25) is 0 Å². The van der Waals surface area contributed by atoms with Crippen molar-refractivity contribution in [3.8, 4) is 6.07 Å². The minimum Gasteiger partial charge on any atom is -0.348 e. The van der Waals surface area contributed by atoms with E-state index in [0.717, 1.165) is 0 Å². The number of amides is 1. The van der Waals surface area contributed by atoms with E-state index >= 15 is 0 Å². The fourth-order valence-electron chi connectivity index (χ4n) is 1.47. The molecule has 0 aliphatic rings. The highest BCUT2D eigenvalue weighted by Gasteiger charge is 2.17. The summed E-state index contributed by atoms with van der Waals surface area (Å²) in [6.07, 6.45) is 0.846. The van der Waals surface area contributed by atoms with Crippen molar-refractivity contribution < 1.29 is 9.72 Å². The van der Waals surface area contributed by atoms with Crippen LogP contribution in [0.3, 0.4) is 0 Å². The summed E-state index contributed by atoms with van der Waals surface area (Å²) in [4.78, 5) is 22.2. The molecule has 1 aromatic carbocycles. The van der Waals surface area contributed by atoms with Gasteiger partial charge in [-0.2, -0.15) is 5.26 Å². The Balaban J connectivity index is 2.96. The number of nitro benzene ring substituents is 1. The molecule has 1 N–H and O–H groups in total. The molecule has 0 aromatic heterocycles. The summed E-state index contributed by atoms with van der Waals surface area (Å²) in [6.45, 7) is 1.86. The summed E-state index contributed by atoms with van der Waals surface area (Å²) in [5.74, 6) is -0.393. The number of benzene rings is 1. The second kappa shape index (κ2) is 7.04. The number of carbonyl (C=O) groups excluding carboxylic acids is 1. The number of nitro groups is 1. The normalized spacial score (nSPS) is 11.4. The van der Waals surface area contributed by atoms with Crippen LogP contribution in [0.2, 0.25) is 0 Å². The quantitative estimate of drug-likeness (QED) is 0.488. The van der Waals surface area contributed by atoms with Crippen molar-refractivity contribution in [2.75, 3.05) is 0 Å². The minimum atomic E-state index is -0.542. The molecule has 0 heterocycles. The zero-order valence-corrected chi connectivity index (χ0v) is 12.4. The first-order valence-corrected chi connectivity index (χ1v) is 6.69. The number of rotatable bonds is 5. The van der Waals surface area contributed by atoms with Crippen molar-refractivity contribution >= 4 is 34.2 Å². The van der Waals surface area contributed by atoms with E-state index in [1.54, 1.807) is 0 Å². The van der Waals surface area contributed by atoms with E-state index in [4.69, 9.17) is 5.26 Å². The first kappa shape index (κ1) is 15.4. The SMILES string of the molecule is CCC(CC#N)NC(=O)c1cc([N+](=O)[O-])ccc1I. The molecule has 100 valence electrons. The van der Waals surface area contributed by atoms with Crippen LogP contribution < -0.4 is 5.32 Å². The molecule has 0 fully saturated rings. The Bertz CT molecular complexity index is 540. The third kappa shape index (κ3) is 4.17. The highest BCUT2D eigenvalue weighted by atomic mass is 127. The molecule has 1 rings (SSSR count). The molecule has 0 aliphatic heterocycles. The monoisotopic (exact) mass is 373 g/mol. The van der Waals surface area contributed by atoms with Crippen molar-refractivity contribution in [3.63, 3.8) is 0 Å². The molecule has 0 radical (unpaired) electrons. The molecule has 0 spiro atoms. The van der Waals surface area contributed by atoms with E-state index in [1.165, 1.54) is 18.2 Å². The molecule has 1 atom stereocenters. The second-order valence-electron chi connectivity index (χ2n) is 3.86. The van der Waals surface area contributed by atoms with Gasteiger partial charge in [-0.1, -0.05) is 6.92 Å². The van der Waals surface area contributed by atoms with Crippen LogP contribution >= 0.6 is 22.6 Å². The number of nitrogens with zero attached hydrogens (tertiary/aromatic N) is 2. The number of nitrogens with one attached hydrogen (secondary N) is 1. The van der Waals surface area contributed by atoms with Crippen LogP contribution in [-0.2, 0) is 0 Å². The molecule has 6 nitrogen and oxygen atoms in total. The Labute approximate surface area is 124 Å². The van der Waals surface area contributed by atoms with Crippen LogP contribution in [-0.4, -0.2) is 16.9 Å². The molecule has 7 heteroatoms. The maximum Gasteiger partial charge on any atom is 0.270 e. The Morgan fingerprint density at radius 3 is 2.84 bits per heavy atom. The van der Waals surface area contributed by atoms with Crippen molar-refractivity contribution in [1.82, 2.24) is 5.32 Å². The average Bonchev–Trinajstić information content (AvgIpc) is 2.38. The van der Waals surface area contributed by atoms with Gasteiger partial charge < -0.3 is 5.32 Å². The van der Waals surface area contributed by atoms with E-state index in [2.05, 4.69) is 5.32 Å². The van der Waals surface area contributed by atoms with Gasteiger partial charge >= 0.3 is 0 Å². The second-order valence-corrected chi connectivity index (χ2v) is 5.02. The van der Waals surface area contributed by atoms with Gasteiger partial charge in [-0.15, -0.1) is 0 Å². The standard InChI is InChI=1S/C12H12IN3O3/c1-2-8(5-6-14)15-12(17)10-7-9(16(18)19)3-4-11(10)13/h3-4,7-8H,2,5H2,1H3,(H,15,17). The zero-order valence-electron chi connectivity index (χ0n) is 10.2.